The summed E-state index contributed by atoms with van der Waals surface area (Å²) >= 11 is 0. The van der Waals surface area contributed by atoms with Crippen LogP contribution in [0, 0.1) is 11.3 Å². The summed E-state index contributed by atoms with van der Waals surface area (Å²) in [7, 11) is -2.76. The molecule has 2 aliphatic rings. The fourth-order valence-electron chi connectivity index (χ4n) is 2.92. The van der Waals surface area contributed by atoms with E-state index in [9.17, 15) is 8.42 Å². The monoisotopic (exact) mass is 261 g/mol. The molecule has 17 heavy (non-hydrogen) atoms. The van der Waals surface area contributed by atoms with Crippen molar-refractivity contribution in [2.24, 2.45) is 11.3 Å². The molecule has 0 aromatic heterocycles. The maximum Gasteiger partial charge on any atom is 0.150 e. The number of rotatable bonds is 6. The van der Waals surface area contributed by atoms with Crippen LogP contribution in [0.5, 0.6) is 0 Å². The molecule has 2 aliphatic heterocycles. The van der Waals surface area contributed by atoms with E-state index in [0.29, 0.717) is 17.4 Å². The average Bonchev–Trinajstić information content (AvgIpc) is 2.57. The molecule has 0 aromatic carbocycles. The van der Waals surface area contributed by atoms with Gasteiger partial charge in [0, 0.05) is 31.7 Å². The Bertz CT molecular complexity index is 349. The molecule has 5 heteroatoms. The smallest absolute Gasteiger partial charge is 0.150 e. The quantitative estimate of drug-likeness (QED) is 0.720. The zero-order valence-electron chi connectivity index (χ0n) is 10.6. The molecule has 1 N–H and O–H groups in total. The summed E-state index contributed by atoms with van der Waals surface area (Å²) in [6.45, 7) is 5.61. The molecule has 0 amide bonds. The Morgan fingerprint density at radius 1 is 1.35 bits per heavy atom. The van der Waals surface area contributed by atoms with Gasteiger partial charge in [-0.1, -0.05) is 6.92 Å². The van der Waals surface area contributed by atoms with Gasteiger partial charge in [0.15, 0.2) is 9.84 Å². The number of sulfone groups is 1. The molecule has 0 bridgehead atoms. The van der Waals surface area contributed by atoms with Gasteiger partial charge >= 0.3 is 0 Å². The number of ether oxygens (including phenoxy) is 1. The van der Waals surface area contributed by atoms with Crippen molar-refractivity contribution in [3.63, 3.8) is 0 Å². The topological polar surface area (TPSA) is 55.4 Å². The zero-order valence-corrected chi connectivity index (χ0v) is 11.4. The second kappa shape index (κ2) is 5.24. The van der Waals surface area contributed by atoms with Gasteiger partial charge < -0.3 is 10.1 Å². The van der Waals surface area contributed by atoms with Gasteiger partial charge in [0.25, 0.3) is 0 Å². The van der Waals surface area contributed by atoms with Gasteiger partial charge in [0.05, 0.1) is 11.5 Å². The predicted molar refractivity (Wildman–Crippen MR) is 67.8 cm³/mol. The Balaban J connectivity index is 1.87. The molecular weight excluding hydrogens is 238 g/mol. The molecule has 0 aliphatic carbocycles. The first kappa shape index (κ1) is 13.3. The van der Waals surface area contributed by atoms with E-state index in [2.05, 4.69) is 12.2 Å². The molecule has 2 saturated heterocycles. The van der Waals surface area contributed by atoms with Crippen molar-refractivity contribution >= 4 is 9.84 Å². The zero-order chi connectivity index (χ0) is 12.4. The third-order valence-corrected chi connectivity index (χ3v) is 5.91. The highest BCUT2D eigenvalue weighted by Crippen LogP contribution is 2.41. The van der Waals surface area contributed by atoms with Crippen molar-refractivity contribution in [1.82, 2.24) is 5.32 Å². The van der Waals surface area contributed by atoms with Gasteiger partial charge in [-0.05, 0) is 25.2 Å². The summed E-state index contributed by atoms with van der Waals surface area (Å²) in [6.07, 6.45) is 2.89. The molecular formula is C12H23NO3S. The van der Waals surface area contributed by atoms with Crippen LogP contribution in [0.25, 0.3) is 0 Å². The minimum Gasteiger partial charge on any atom is -0.381 e. The van der Waals surface area contributed by atoms with Crippen molar-refractivity contribution in [2.75, 3.05) is 37.8 Å². The first-order chi connectivity index (χ1) is 8.08. The van der Waals surface area contributed by atoms with E-state index < -0.39 is 9.84 Å². The van der Waals surface area contributed by atoms with Crippen LogP contribution in [-0.2, 0) is 14.6 Å². The Hall–Kier alpha value is -0.130. The van der Waals surface area contributed by atoms with Gasteiger partial charge in [-0.3, -0.25) is 0 Å². The largest absolute Gasteiger partial charge is 0.381 e. The lowest BCUT2D eigenvalue weighted by Gasteiger charge is -2.47. The van der Waals surface area contributed by atoms with E-state index in [1.165, 1.54) is 0 Å². The molecule has 2 rings (SSSR count). The van der Waals surface area contributed by atoms with E-state index in [1.807, 2.05) is 0 Å². The summed E-state index contributed by atoms with van der Waals surface area (Å²) in [6, 6.07) is 0. The second-order valence-electron chi connectivity index (χ2n) is 5.43. The van der Waals surface area contributed by atoms with E-state index in [1.54, 1.807) is 0 Å². The molecule has 100 valence electrons. The van der Waals surface area contributed by atoms with Crippen LogP contribution in [0.3, 0.4) is 0 Å². The van der Waals surface area contributed by atoms with Crippen LogP contribution in [0.2, 0.25) is 0 Å². The van der Waals surface area contributed by atoms with Gasteiger partial charge in [0.1, 0.15) is 0 Å². The third-order valence-electron chi connectivity index (χ3n) is 4.15. The average molecular weight is 261 g/mol. The fourth-order valence-corrected chi connectivity index (χ4v) is 4.86. The van der Waals surface area contributed by atoms with Crippen LogP contribution < -0.4 is 5.32 Å². The van der Waals surface area contributed by atoms with Crippen LogP contribution in [0.4, 0.5) is 0 Å². The lowest BCUT2D eigenvalue weighted by molar-refractivity contribution is 0.0302. The SMILES string of the molecule is CCCOCCC1(C2CCS(=O)(=O)C2)CNC1. The maximum atomic E-state index is 11.6. The summed E-state index contributed by atoms with van der Waals surface area (Å²) in [5, 5.41) is 3.30. The molecule has 2 fully saturated rings. The molecule has 2 heterocycles. The first-order valence-corrected chi connectivity index (χ1v) is 8.39. The highest BCUT2D eigenvalue weighted by molar-refractivity contribution is 7.91. The molecule has 1 atom stereocenters. The summed E-state index contributed by atoms with van der Waals surface area (Å²) in [4.78, 5) is 0. The Morgan fingerprint density at radius 3 is 2.59 bits per heavy atom. The summed E-state index contributed by atoms with van der Waals surface area (Å²) in [5.74, 6) is 1.12. The maximum absolute atomic E-state index is 11.6. The molecule has 0 radical (unpaired) electrons. The van der Waals surface area contributed by atoms with Crippen molar-refractivity contribution in [3.05, 3.63) is 0 Å². The van der Waals surface area contributed by atoms with Crippen molar-refractivity contribution in [3.8, 4) is 0 Å². The molecule has 0 spiro atoms. The number of hydrogen-bond acceptors (Lipinski definition) is 4. The molecule has 1 unspecified atom stereocenters. The normalized spacial score (nSPS) is 30.1. The first-order valence-electron chi connectivity index (χ1n) is 6.57. The van der Waals surface area contributed by atoms with Crippen molar-refractivity contribution < 1.29 is 13.2 Å². The number of nitrogens with one attached hydrogen (secondary N) is 1. The van der Waals surface area contributed by atoms with Gasteiger partial charge in [0.2, 0.25) is 0 Å². The van der Waals surface area contributed by atoms with E-state index in [-0.39, 0.29) is 5.41 Å². The summed E-state index contributed by atoms with van der Waals surface area (Å²) in [5.41, 5.74) is 0.192. The van der Waals surface area contributed by atoms with E-state index in [0.717, 1.165) is 45.6 Å². The highest BCUT2D eigenvalue weighted by atomic mass is 32.2. The Morgan fingerprint density at radius 2 is 2.12 bits per heavy atom. The third kappa shape index (κ3) is 3.01. The van der Waals surface area contributed by atoms with Crippen LogP contribution in [-0.4, -0.2) is 46.2 Å². The predicted octanol–water partition coefficient (Wildman–Crippen LogP) is 0.827. The van der Waals surface area contributed by atoms with Gasteiger partial charge in [-0.15, -0.1) is 0 Å². The van der Waals surface area contributed by atoms with Crippen molar-refractivity contribution in [1.29, 1.82) is 0 Å². The minimum absolute atomic E-state index is 0.192. The van der Waals surface area contributed by atoms with Crippen LogP contribution >= 0.6 is 0 Å². The lowest BCUT2D eigenvalue weighted by atomic mass is 9.68. The molecule has 4 nitrogen and oxygen atoms in total. The molecule has 0 saturated carbocycles. The lowest BCUT2D eigenvalue weighted by Crippen LogP contribution is -2.58. The van der Waals surface area contributed by atoms with Crippen LogP contribution in [0.1, 0.15) is 26.2 Å². The molecule has 0 aromatic rings. The fraction of sp³-hybridized carbons (Fsp3) is 1.00. The van der Waals surface area contributed by atoms with Gasteiger partial charge in [-0.25, -0.2) is 8.42 Å². The summed E-state index contributed by atoms with van der Waals surface area (Å²) < 4.78 is 28.7. The Labute approximate surface area is 104 Å². The van der Waals surface area contributed by atoms with E-state index >= 15 is 0 Å². The van der Waals surface area contributed by atoms with Gasteiger partial charge in [-0.2, -0.15) is 0 Å². The standard InChI is InChI=1S/C12H23NO3S/c1-2-5-16-6-4-12(9-13-10-12)11-3-7-17(14,15)8-11/h11,13H,2-10H2,1H3. The number of hydrogen-bond donors (Lipinski definition) is 1. The minimum atomic E-state index is -2.76. The Kier molecular flexibility index (Phi) is 4.10. The highest BCUT2D eigenvalue weighted by Gasteiger charge is 2.47. The van der Waals surface area contributed by atoms with Crippen LogP contribution in [0.15, 0.2) is 0 Å². The van der Waals surface area contributed by atoms with E-state index in [4.69, 9.17) is 4.74 Å². The second-order valence-corrected chi connectivity index (χ2v) is 7.66. The van der Waals surface area contributed by atoms with Crippen molar-refractivity contribution in [2.45, 2.75) is 26.2 Å².